The first-order valence-corrected chi connectivity index (χ1v) is 6.40. The fraction of sp³-hybridized carbons (Fsp3) is 0. The molecular formula is C16H13N3O2. The van der Waals surface area contributed by atoms with Crippen LogP contribution in [0.2, 0.25) is 0 Å². The number of ether oxygens (including phenoxy) is 1. The lowest BCUT2D eigenvalue weighted by Crippen LogP contribution is -2.04. The zero-order chi connectivity index (χ0) is 14.7. The van der Waals surface area contributed by atoms with Crippen LogP contribution in [0, 0.1) is 0 Å². The van der Waals surface area contributed by atoms with Crippen LogP contribution >= 0.6 is 0 Å². The molecular weight excluding hydrogens is 266 g/mol. The van der Waals surface area contributed by atoms with Crippen LogP contribution in [0.25, 0.3) is 17.1 Å². The molecule has 2 aromatic heterocycles. The summed E-state index contributed by atoms with van der Waals surface area (Å²) in [5, 5.41) is 0.862. The molecule has 5 heteroatoms. The van der Waals surface area contributed by atoms with Gasteiger partial charge in [-0.25, -0.2) is 4.98 Å². The number of carbonyl (C=O) groups is 1. The van der Waals surface area contributed by atoms with Crippen molar-refractivity contribution in [3.05, 3.63) is 60.4 Å². The summed E-state index contributed by atoms with van der Waals surface area (Å²) in [7, 11) is 0. The molecule has 0 radical (unpaired) electrons. The van der Waals surface area contributed by atoms with Gasteiger partial charge in [0.05, 0.1) is 6.20 Å². The Morgan fingerprint density at radius 3 is 2.81 bits per heavy atom. The smallest absolute Gasteiger partial charge is 0.241 e. The van der Waals surface area contributed by atoms with E-state index in [4.69, 9.17) is 10.5 Å². The summed E-state index contributed by atoms with van der Waals surface area (Å²) in [6, 6.07) is 11.3. The molecule has 0 saturated heterocycles. The summed E-state index contributed by atoms with van der Waals surface area (Å²) < 4.78 is 5.74. The molecule has 0 atom stereocenters. The Balaban J connectivity index is 1.95. The highest BCUT2D eigenvalue weighted by molar-refractivity contribution is 5.94. The molecule has 1 aromatic carbocycles. The van der Waals surface area contributed by atoms with E-state index in [1.807, 2.05) is 36.4 Å². The lowest BCUT2D eigenvalue weighted by Gasteiger charge is -2.04. The number of aromatic amines is 1. The summed E-state index contributed by atoms with van der Waals surface area (Å²) in [5.41, 5.74) is 6.66. The van der Waals surface area contributed by atoms with Crippen LogP contribution in [0.3, 0.4) is 0 Å². The first-order valence-electron chi connectivity index (χ1n) is 6.40. The third-order valence-electron chi connectivity index (χ3n) is 2.94. The van der Waals surface area contributed by atoms with E-state index in [0.29, 0.717) is 5.75 Å². The molecule has 3 aromatic rings. The predicted molar refractivity (Wildman–Crippen MR) is 80.8 cm³/mol. The molecule has 0 saturated carbocycles. The molecule has 0 bridgehead atoms. The maximum absolute atomic E-state index is 10.8. The van der Waals surface area contributed by atoms with Gasteiger partial charge < -0.3 is 15.5 Å². The Bertz CT molecular complexity index is 807. The number of hydrogen-bond acceptors (Lipinski definition) is 3. The minimum absolute atomic E-state index is 0.492. The van der Waals surface area contributed by atoms with Crippen molar-refractivity contribution >= 4 is 23.0 Å². The van der Waals surface area contributed by atoms with E-state index in [1.165, 1.54) is 6.08 Å². The Morgan fingerprint density at radius 1 is 1.24 bits per heavy atom. The van der Waals surface area contributed by atoms with Crippen LogP contribution in [0.1, 0.15) is 5.56 Å². The van der Waals surface area contributed by atoms with Gasteiger partial charge in [0.1, 0.15) is 17.1 Å². The second-order valence-electron chi connectivity index (χ2n) is 4.46. The minimum Gasteiger partial charge on any atom is -0.456 e. The van der Waals surface area contributed by atoms with E-state index in [9.17, 15) is 4.79 Å². The molecule has 0 aliphatic rings. The summed E-state index contributed by atoms with van der Waals surface area (Å²) in [5.74, 6) is 0.874. The van der Waals surface area contributed by atoms with Crippen molar-refractivity contribution in [2.45, 2.75) is 0 Å². The van der Waals surface area contributed by atoms with Gasteiger partial charge in [0.15, 0.2) is 0 Å². The van der Waals surface area contributed by atoms with Crippen LogP contribution in [0.4, 0.5) is 0 Å². The number of pyridine rings is 1. The van der Waals surface area contributed by atoms with Gasteiger partial charge in [-0.2, -0.15) is 0 Å². The van der Waals surface area contributed by atoms with Crippen LogP contribution in [-0.4, -0.2) is 15.9 Å². The molecule has 0 fully saturated rings. The number of amides is 1. The third kappa shape index (κ3) is 2.92. The van der Waals surface area contributed by atoms with E-state index in [1.54, 1.807) is 18.5 Å². The van der Waals surface area contributed by atoms with E-state index in [2.05, 4.69) is 9.97 Å². The van der Waals surface area contributed by atoms with Gasteiger partial charge in [0, 0.05) is 23.2 Å². The normalized spacial score (nSPS) is 11.0. The molecule has 104 valence electrons. The highest BCUT2D eigenvalue weighted by Gasteiger charge is 2.05. The number of hydrogen-bond donors (Lipinski definition) is 2. The lowest BCUT2D eigenvalue weighted by molar-refractivity contribution is -0.113. The minimum atomic E-state index is -0.492. The van der Waals surface area contributed by atoms with E-state index < -0.39 is 5.91 Å². The van der Waals surface area contributed by atoms with Gasteiger partial charge in [-0.05, 0) is 24.3 Å². The molecule has 1 amide bonds. The van der Waals surface area contributed by atoms with Crippen molar-refractivity contribution in [2.24, 2.45) is 5.73 Å². The standard InChI is InChI=1S/C16H13N3O2/c17-15(20)7-6-11-9-18-16-14(11)8-13(10-19-16)21-12-4-2-1-3-5-12/h1-10H,(H2,17,20)(H,18,19)/b7-6+. The van der Waals surface area contributed by atoms with Crippen molar-refractivity contribution in [1.82, 2.24) is 9.97 Å². The number of rotatable bonds is 4. The van der Waals surface area contributed by atoms with Crippen molar-refractivity contribution in [2.75, 3.05) is 0 Å². The zero-order valence-electron chi connectivity index (χ0n) is 11.1. The van der Waals surface area contributed by atoms with Crippen molar-refractivity contribution < 1.29 is 9.53 Å². The number of nitrogens with one attached hydrogen (secondary N) is 1. The quantitative estimate of drug-likeness (QED) is 0.720. The third-order valence-corrected chi connectivity index (χ3v) is 2.94. The highest BCUT2D eigenvalue weighted by Crippen LogP contribution is 2.26. The number of primary amides is 1. The summed E-state index contributed by atoms with van der Waals surface area (Å²) >= 11 is 0. The first-order chi connectivity index (χ1) is 10.2. The van der Waals surface area contributed by atoms with Crippen LogP contribution in [0.15, 0.2) is 54.9 Å². The number of para-hydroxylation sites is 1. The number of fused-ring (bicyclic) bond motifs is 1. The maximum atomic E-state index is 10.8. The highest BCUT2D eigenvalue weighted by atomic mass is 16.5. The summed E-state index contributed by atoms with van der Waals surface area (Å²) in [6.45, 7) is 0. The number of benzene rings is 1. The molecule has 3 N–H and O–H groups in total. The van der Waals surface area contributed by atoms with Gasteiger partial charge in [-0.15, -0.1) is 0 Å². The maximum Gasteiger partial charge on any atom is 0.241 e. The van der Waals surface area contributed by atoms with Crippen molar-refractivity contribution in [3.63, 3.8) is 0 Å². The number of H-pyrrole nitrogens is 1. The average Bonchev–Trinajstić information content (AvgIpc) is 2.88. The fourth-order valence-electron chi connectivity index (χ4n) is 1.99. The molecule has 0 aliphatic heterocycles. The monoisotopic (exact) mass is 279 g/mol. The van der Waals surface area contributed by atoms with Gasteiger partial charge in [0.2, 0.25) is 5.91 Å². The van der Waals surface area contributed by atoms with E-state index in [0.717, 1.165) is 22.3 Å². The molecule has 21 heavy (non-hydrogen) atoms. The summed E-state index contributed by atoms with van der Waals surface area (Å²) in [4.78, 5) is 18.2. The second kappa shape index (κ2) is 5.50. The average molecular weight is 279 g/mol. The molecule has 0 spiro atoms. The number of nitrogens with zero attached hydrogens (tertiary/aromatic N) is 1. The Kier molecular flexibility index (Phi) is 3.39. The largest absolute Gasteiger partial charge is 0.456 e. The summed E-state index contributed by atoms with van der Waals surface area (Å²) in [6.07, 6.45) is 6.37. The van der Waals surface area contributed by atoms with Gasteiger partial charge in [-0.1, -0.05) is 18.2 Å². The number of nitrogens with two attached hydrogens (primary N) is 1. The lowest BCUT2D eigenvalue weighted by atomic mass is 10.2. The number of carbonyl (C=O) groups excluding carboxylic acids is 1. The van der Waals surface area contributed by atoms with Crippen LogP contribution in [0.5, 0.6) is 11.5 Å². The van der Waals surface area contributed by atoms with Crippen molar-refractivity contribution in [1.29, 1.82) is 0 Å². The Labute approximate surface area is 121 Å². The predicted octanol–water partition coefficient (Wildman–Crippen LogP) is 2.85. The Morgan fingerprint density at radius 2 is 2.05 bits per heavy atom. The second-order valence-corrected chi connectivity index (χ2v) is 4.46. The first kappa shape index (κ1) is 12.9. The van der Waals surface area contributed by atoms with E-state index >= 15 is 0 Å². The SMILES string of the molecule is NC(=O)/C=C/c1c[nH]c2ncc(Oc3ccccc3)cc12. The van der Waals surface area contributed by atoms with Crippen LogP contribution < -0.4 is 10.5 Å². The fourth-order valence-corrected chi connectivity index (χ4v) is 1.99. The molecule has 0 unspecified atom stereocenters. The Hall–Kier alpha value is -3.08. The molecule has 5 nitrogen and oxygen atoms in total. The zero-order valence-corrected chi connectivity index (χ0v) is 11.1. The molecule has 3 rings (SSSR count). The van der Waals surface area contributed by atoms with Gasteiger partial charge >= 0.3 is 0 Å². The van der Waals surface area contributed by atoms with E-state index in [-0.39, 0.29) is 0 Å². The molecule has 0 aliphatic carbocycles. The van der Waals surface area contributed by atoms with Crippen molar-refractivity contribution in [3.8, 4) is 11.5 Å². The van der Waals surface area contributed by atoms with Gasteiger partial charge in [0.25, 0.3) is 0 Å². The molecule has 2 heterocycles. The van der Waals surface area contributed by atoms with Gasteiger partial charge in [-0.3, -0.25) is 4.79 Å². The topological polar surface area (TPSA) is 81.0 Å². The van der Waals surface area contributed by atoms with Crippen LogP contribution in [-0.2, 0) is 4.79 Å². The number of aromatic nitrogens is 2.